The highest BCUT2D eigenvalue weighted by molar-refractivity contribution is 6.06. The lowest BCUT2D eigenvalue weighted by Crippen LogP contribution is -2.26. The van der Waals surface area contributed by atoms with Gasteiger partial charge in [-0.3, -0.25) is 4.79 Å². The van der Waals surface area contributed by atoms with Gasteiger partial charge in [0.05, 0.1) is 0 Å². The Kier molecular flexibility index (Phi) is 2.82. The topological polar surface area (TPSA) is 57.2 Å². The highest BCUT2D eigenvalue weighted by Gasteiger charge is 2.21. The average Bonchev–Trinajstić information content (AvgIpc) is 3.20. The van der Waals surface area contributed by atoms with Crippen LogP contribution in [0.5, 0.6) is 23.0 Å². The molecule has 4 rings (SSSR count). The summed E-state index contributed by atoms with van der Waals surface area (Å²) in [6.45, 7) is 0.392. The van der Waals surface area contributed by atoms with Gasteiger partial charge in [-0.25, -0.2) is 0 Å². The normalized spacial score (nSPS) is 14.0. The maximum Gasteiger partial charge on any atom is 0.258 e. The van der Waals surface area contributed by atoms with Crippen LogP contribution < -0.4 is 23.8 Å². The van der Waals surface area contributed by atoms with Crippen molar-refractivity contribution in [3.8, 4) is 23.0 Å². The summed E-state index contributed by atoms with van der Waals surface area (Å²) in [5.41, 5.74) is 1.26. The Morgan fingerprint density at radius 1 is 0.864 bits per heavy atom. The van der Waals surface area contributed by atoms with Gasteiger partial charge in [-0.15, -0.1) is 0 Å². The molecule has 2 heterocycles. The van der Waals surface area contributed by atoms with Crippen molar-refractivity contribution in [2.45, 2.75) is 0 Å². The largest absolute Gasteiger partial charge is 0.454 e. The molecule has 0 aromatic heterocycles. The van der Waals surface area contributed by atoms with Crippen molar-refractivity contribution in [1.82, 2.24) is 0 Å². The van der Waals surface area contributed by atoms with Gasteiger partial charge in [0.1, 0.15) is 0 Å². The third-order valence-corrected chi connectivity index (χ3v) is 3.67. The van der Waals surface area contributed by atoms with Gasteiger partial charge in [0, 0.05) is 24.4 Å². The smallest absolute Gasteiger partial charge is 0.258 e. The van der Waals surface area contributed by atoms with E-state index in [1.54, 1.807) is 42.3 Å². The summed E-state index contributed by atoms with van der Waals surface area (Å²) in [7, 11) is 1.71. The van der Waals surface area contributed by atoms with Crippen LogP contribution >= 0.6 is 0 Å². The molecule has 0 unspecified atom stereocenters. The quantitative estimate of drug-likeness (QED) is 0.852. The molecular weight excluding hydrogens is 286 g/mol. The number of hydrogen-bond donors (Lipinski definition) is 0. The van der Waals surface area contributed by atoms with Gasteiger partial charge in [0.25, 0.3) is 5.91 Å². The van der Waals surface area contributed by atoms with E-state index in [1.807, 2.05) is 6.07 Å². The number of ether oxygens (including phenoxy) is 4. The Hall–Kier alpha value is -2.89. The Morgan fingerprint density at radius 3 is 2.18 bits per heavy atom. The second-order valence-corrected chi connectivity index (χ2v) is 4.97. The molecule has 112 valence electrons. The molecule has 2 aliphatic rings. The fraction of sp³-hybridized carbons (Fsp3) is 0.188. The molecule has 0 radical (unpaired) electrons. The third kappa shape index (κ3) is 2.00. The summed E-state index contributed by atoms with van der Waals surface area (Å²) in [6, 6.07) is 10.5. The van der Waals surface area contributed by atoms with Crippen molar-refractivity contribution in [2.24, 2.45) is 0 Å². The number of hydrogen-bond acceptors (Lipinski definition) is 5. The van der Waals surface area contributed by atoms with Crippen LogP contribution in [0.4, 0.5) is 5.69 Å². The average molecular weight is 299 g/mol. The monoisotopic (exact) mass is 299 g/mol. The summed E-state index contributed by atoms with van der Waals surface area (Å²) in [4.78, 5) is 14.2. The summed E-state index contributed by atoms with van der Waals surface area (Å²) in [5.74, 6) is 2.43. The lowest BCUT2D eigenvalue weighted by atomic mass is 10.1. The molecule has 0 fully saturated rings. The van der Waals surface area contributed by atoms with Crippen LogP contribution in [-0.2, 0) is 0 Å². The van der Waals surface area contributed by atoms with Crippen LogP contribution in [0.1, 0.15) is 10.4 Å². The van der Waals surface area contributed by atoms with Crippen molar-refractivity contribution in [3.63, 3.8) is 0 Å². The van der Waals surface area contributed by atoms with Gasteiger partial charge in [-0.05, 0) is 30.3 Å². The lowest BCUT2D eigenvalue weighted by molar-refractivity contribution is 0.0992. The number of rotatable bonds is 2. The number of amides is 1. The number of nitrogens with zero attached hydrogens (tertiary/aromatic N) is 1. The predicted molar refractivity (Wildman–Crippen MR) is 77.9 cm³/mol. The van der Waals surface area contributed by atoms with E-state index < -0.39 is 0 Å². The maximum absolute atomic E-state index is 12.6. The van der Waals surface area contributed by atoms with Crippen molar-refractivity contribution < 1.29 is 23.7 Å². The van der Waals surface area contributed by atoms with E-state index in [0.717, 1.165) is 5.69 Å². The molecule has 2 aliphatic heterocycles. The maximum atomic E-state index is 12.6. The second-order valence-electron chi connectivity index (χ2n) is 4.97. The Morgan fingerprint density at radius 2 is 1.45 bits per heavy atom. The van der Waals surface area contributed by atoms with Crippen LogP contribution in [0.15, 0.2) is 36.4 Å². The molecule has 0 saturated heterocycles. The van der Waals surface area contributed by atoms with E-state index in [-0.39, 0.29) is 19.5 Å². The Labute approximate surface area is 126 Å². The fourth-order valence-corrected chi connectivity index (χ4v) is 2.43. The molecule has 6 nitrogen and oxygen atoms in total. The molecule has 0 saturated carbocycles. The lowest BCUT2D eigenvalue weighted by Gasteiger charge is -2.18. The van der Waals surface area contributed by atoms with Crippen molar-refractivity contribution in [2.75, 3.05) is 25.5 Å². The minimum Gasteiger partial charge on any atom is -0.454 e. The van der Waals surface area contributed by atoms with Crippen LogP contribution in [-0.4, -0.2) is 26.5 Å². The molecule has 2 aromatic carbocycles. The first-order chi connectivity index (χ1) is 10.7. The molecule has 0 atom stereocenters. The Bertz CT molecular complexity index is 758. The molecule has 0 N–H and O–H groups in total. The number of fused-ring (bicyclic) bond motifs is 2. The van der Waals surface area contributed by atoms with E-state index in [1.165, 1.54) is 0 Å². The van der Waals surface area contributed by atoms with E-state index in [4.69, 9.17) is 18.9 Å². The second kappa shape index (κ2) is 4.84. The Balaban J connectivity index is 1.62. The minimum absolute atomic E-state index is 0.142. The minimum atomic E-state index is -0.142. The van der Waals surface area contributed by atoms with Crippen molar-refractivity contribution in [1.29, 1.82) is 0 Å². The van der Waals surface area contributed by atoms with E-state index >= 15 is 0 Å². The van der Waals surface area contributed by atoms with Crippen LogP contribution in [0.2, 0.25) is 0 Å². The molecular formula is C16H13NO5. The van der Waals surface area contributed by atoms with Crippen LogP contribution in [0.25, 0.3) is 0 Å². The van der Waals surface area contributed by atoms with Gasteiger partial charge in [0.2, 0.25) is 13.6 Å². The van der Waals surface area contributed by atoms with Crippen LogP contribution in [0, 0.1) is 0 Å². The molecule has 0 bridgehead atoms. The number of benzene rings is 2. The summed E-state index contributed by atoms with van der Waals surface area (Å²) in [5, 5.41) is 0. The molecule has 1 amide bonds. The van der Waals surface area contributed by atoms with E-state index in [0.29, 0.717) is 28.6 Å². The third-order valence-electron chi connectivity index (χ3n) is 3.67. The van der Waals surface area contributed by atoms with E-state index in [2.05, 4.69) is 0 Å². The summed E-state index contributed by atoms with van der Waals surface area (Å²) in [6.07, 6.45) is 0. The predicted octanol–water partition coefficient (Wildman–Crippen LogP) is 2.42. The number of anilines is 1. The zero-order valence-electron chi connectivity index (χ0n) is 11.9. The van der Waals surface area contributed by atoms with Gasteiger partial charge < -0.3 is 23.8 Å². The first-order valence-corrected chi connectivity index (χ1v) is 6.80. The van der Waals surface area contributed by atoms with Crippen molar-refractivity contribution >= 4 is 11.6 Å². The van der Waals surface area contributed by atoms with Gasteiger partial charge in [-0.2, -0.15) is 0 Å². The summed E-state index contributed by atoms with van der Waals surface area (Å²) < 4.78 is 21.2. The SMILES string of the molecule is CN(C(=O)c1ccc2c(c1)OCO2)c1ccc2c(c1)OCO2. The summed E-state index contributed by atoms with van der Waals surface area (Å²) >= 11 is 0. The fourth-order valence-electron chi connectivity index (χ4n) is 2.43. The molecule has 6 heteroatoms. The van der Waals surface area contributed by atoms with Gasteiger partial charge in [0.15, 0.2) is 23.0 Å². The first kappa shape index (κ1) is 12.8. The molecule has 22 heavy (non-hydrogen) atoms. The molecule has 0 spiro atoms. The number of carbonyl (C=O) groups excluding carboxylic acids is 1. The van der Waals surface area contributed by atoms with Crippen LogP contribution in [0.3, 0.4) is 0 Å². The zero-order chi connectivity index (χ0) is 15.1. The van der Waals surface area contributed by atoms with Gasteiger partial charge >= 0.3 is 0 Å². The van der Waals surface area contributed by atoms with Gasteiger partial charge in [-0.1, -0.05) is 0 Å². The molecule has 0 aliphatic carbocycles. The highest BCUT2D eigenvalue weighted by Crippen LogP contribution is 2.36. The van der Waals surface area contributed by atoms with Crippen molar-refractivity contribution in [3.05, 3.63) is 42.0 Å². The highest BCUT2D eigenvalue weighted by atomic mass is 16.7. The first-order valence-electron chi connectivity index (χ1n) is 6.80. The standard InChI is InChI=1S/C16H13NO5/c1-17(11-3-5-13-15(7-11)22-9-20-13)16(18)10-2-4-12-14(6-10)21-8-19-12/h2-7H,8-9H2,1H3. The number of carbonyl (C=O) groups is 1. The van der Waals surface area contributed by atoms with E-state index in [9.17, 15) is 4.79 Å². The zero-order valence-corrected chi connectivity index (χ0v) is 11.9. The molecule has 2 aromatic rings.